The van der Waals surface area contributed by atoms with Crippen LogP contribution >= 0.6 is 0 Å². The van der Waals surface area contributed by atoms with Gasteiger partial charge in [-0.2, -0.15) is 0 Å². The first kappa shape index (κ1) is 17.3. The number of amides is 1. The second-order valence-electron chi connectivity index (χ2n) is 6.67. The first-order chi connectivity index (χ1) is 12.1. The first-order valence-electron chi connectivity index (χ1n) is 9.02. The Hall–Kier alpha value is -2.49. The monoisotopic (exact) mass is 338 g/mol. The van der Waals surface area contributed by atoms with E-state index >= 15 is 0 Å². The number of benzene rings is 2. The lowest BCUT2D eigenvalue weighted by atomic mass is 10.0. The number of nitrogens with one attached hydrogen (secondary N) is 1. The number of carbonyl (C=O) groups excluding carboxylic acids is 1. The van der Waals surface area contributed by atoms with Crippen LogP contribution in [0.5, 0.6) is 5.75 Å². The highest BCUT2D eigenvalue weighted by atomic mass is 16.5. The highest BCUT2D eigenvalue weighted by Gasteiger charge is 2.34. The van der Waals surface area contributed by atoms with E-state index in [1.54, 1.807) is 0 Å². The van der Waals surface area contributed by atoms with Crippen molar-refractivity contribution in [3.05, 3.63) is 59.7 Å². The molecule has 132 valence electrons. The topological polar surface area (TPSA) is 41.6 Å². The van der Waals surface area contributed by atoms with Gasteiger partial charge in [-0.25, -0.2) is 0 Å². The Kier molecular flexibility index (Phi) is 5.27. The van der Waals surface area contributed by atoms with Gasteiger partial charge in [-0.1, -0.05) is 37.6 Å². The minimum atomic E-state index is -0.197. The van der Waals surface area contributed by atoms with Crippen molar-refractivity contribution in [2.75, 3.05) is 11.9 Å². The van der Waals surface area contributed by atoms with Crippen LogP contribution in [0.4, 0.5) is 5.69 Å². The lowest BCUT2D eigenvalue weighted by Crippen LogP contribution is -2.46. The predicted molar refractivity (Wildman–Crippen MR) is 101 cm³/mol. The van der Waals surface area contributed by atoms with Crippen LogP contribution in [-0.4, -0.2) is 23.5 Å². The standard InChI is InChI=1S/C21H26N2O2/c1-4-5-13-25-17-10-8-9-16(14-17)20-22-19-12-7-6-11-18(19)21(24)23(20)15(2)3/h6-12,14-15,20,22H,4-5,13H2,1-3H3. The van der Waals surface area contributed by atoms with Gasteiger partial charge in [-0.05, 0) is 50.1 Å². The maximum atomic E-state index is 13.0. The Morgan fingerprint density at radius 2 is 1.96 bits per heavy atom. The van der Waals surface area contributed by atoms with E-state index in [2.05, 4.69) is 12.2 Å². The fourth-order valence-electron chi connectivity index (χ4n) is 3.15. The molecule has 1 N–H and O–H groups in total. The molecule has 3 rings (SSSR count). The zero-order valence-corrected chi connectivity index (χ0v) is 15.2. The minimum Gasteiger partial charge on any atom is -0.494 e. The summed E-state index contributed by atoms with van der Waals surface area (Å²) in [4.78, 5) is 14.9. The molecule has 2 aromatic rings. The fraction of sp³-hybridized carbons (Fsp3) is 0.381. The van der Waals surface area contributed by atoms with E-state index in [-0.39, 0.29) is 18.1 Å². The Bertz CT molecular complexity index is 742. The first-order valence-corrected chi connectivity index (χ1v) is 9.02. The van der Waals surface area contributed by atoms with Crippen molar-refractivity contribution in [1.82, 2.24) is 4.90 Å². The van der Waals surface area contributed by atoms with Gasteiger partial charge in [0.05, 0.1) is 12.2 Å². The van der Waals surface area contributed by atoms with Gasteiger partial charge in [0.25, 0.3) is 5.91 Å². The molecule has 4 nitrogen and oxygen atoms in total. The molecule has 4 heteroatoms. The summed E-state index contributed by atoms with van der Waals surface area (Å²) < 4.78 is 5.84. The zero-order valence-electron chi connectivity index (χ0n) is 15.2. The maximum absolute atomic E-state index is 13.0. The summed E-state index contributed by atoms with van der Waals surface area (Å²) in [5.74, 6) is 0.911. The Morgan fingerprint density at radius 1 is 1.16 bits per heavy atom. The number of hydrogen-bond acceptors (Lipinski definition) is 3. The Balaban J connectivity index is 1.92. The minimum absolute atomic E-state index is 0.0617. The molecule has 1 heterocycles. The molecule has 0 aromatic heterocycles. The third kappa shape index (κ3) is 3.63. The molecule has 25 heavy (non-hydrogen) atoms. The number of rotatable bonds is 6. The summed E-state index contributed by atoms with van der Waals surface area (Å²) >= 11 is 0. The van der Waals surface area contributed by atoms with Gasteiger partial charge in [0.2, 0.25) is 0 Å². The van der Waals surface area contributed by atoms with Crippen LogP contribution in [0.15, 0.2) is 48.5 Å². The van der Waals surface area contributed by atoms with Crippen molar-refractivity contribution < 1.29 is 9.53 Å². The number of fused-ring (bicyclic) bond motifs is 1. The quantitative estimate of drug-likeness (QED) is 0.766. The van der Waals surface area contributed by atoms with Gasteiger partial charge in [0.15, 0.2) is 0 Å². The van der Waals surface area contributed by atoms with Crippen molar-refractivity contribution in [2.45, 2.75) is 45.8 Å². The molecule has 0 saturated heterocycles. The van der Waals surface area contributed by atoms with Crippen molar-refractivity contribution in [3.8, 4) is 5.75 Å². The molecule has 0 bridgehead atoms. The summed E-state index contributed by atoms with van der Waals surface area (Å²) in [6, 6.07) is 15.8. The van der Waals surface area contributed by atoms with Crippen LogP contribution in [0, 0.1) is 0 Å². The van der Waals surface area contributed by atoms with Crippen LogP contribution in [0.3, 0.4) is 0 Å². The fourth-order valence-corrected chi connectivity index (χ4v) is 3.15. The predicted octanol–water partition coefficient (Wildman–Crippen LogP) is 4.84. The van der Waals surface area contributed by atoms with Crippen LogP contribution in [0.1, 0.15) is 55.7 Å². The number of nitrogens with zero attached hydrogens (tertiary/aromatic N) is 1. The molecule has 1 atom stereocenters. The molecule has 0 spiro atoms. The molecular weight excluding hydrogens is 312 g/mol. The van der Waals surface area contributed by atoms with E-state index in [0.29, 0.717) is 6.61 Å². The molecule has 1 aliphatic heterocycles. The number of hydrogen-bond donors (Lipinski definition) is 1. The SMILES string of the molecule is CCCCOc1cccc(C2Nc3ccccc3C(=O)N2C(C)C)c1. The van der Waals surface area contributed by atoms with Crippen LogP contribution < -0.4 is 10.1 Å². The summed E-state index contributed by atoms with van der Waals surface area (Å²) in [7, 11) is 0. The highest BCUT2D eigenvalue weighted by Crippen LogP contribution is 2.35. The van der Waals surface area contributed by atoms with Crippen molar-refractivity contribution >= 4 is 11.6 Å². The molecule has 1 aliphatic rings. The van der Waals surface area contributed by atoms with Crippen LogP contribution in [-0.2, 0) is 0 Å². The number of ether oxygens (including phenoxy) is 1. The molecule has 1 unspecified atom stereocenters. The molecule has 0 saturated carbocycles. The maximum Gasteiger partial charge on any atom is 0.258 e. The van der Waals surface area contributed by atoms with Gasteiger partial charge >= 0.3 is 0 Å². The summed E-state index contributed by atoms with van der Waals surface area (Å²) in [6.07, 6.45) is 1.95. The van der Waals surface area contributed by atoms with E-state index in [1.165, 1.54) is 0 Å². The van der Waals surface area contributed by atoms with Crippen molar-refractivity contribution in [3.63, 3.8) is 0 Å². The van der Waals surface area contributed by atoms with Gasteiger partial charge in [0.1, 0.15) is 11.9 Å². The number of anilines is 1. The third-order valence-corrected chi connectivity index (χ3v) is 4.46. The third-order valence-electron chi connectivity index (χ3n) is 4.46. The number of unbranched alkanes of at least 4 members (excludes halogenated alkanes) is 1. The zero-order chi connectivity index (χ0) is 17.8. The average Bonchev–Trinajstić information content (AvgIpc) is 2.62. The summed E-state index contributed by atoms with van der Waals surface area (Å²) in [5.41, 5.74) is 2.64. The van der Waals surface area contributed by atoms with E-state index < -0.39 is 0 Å². The molecule has 0 fully saturated rings. The Morgan fingerprint density at radius 3 is 2.72 bits per heavy atom. The molecule has 1 amide bonds. The van der Waals surface area contributed by atoms with Gasteiger partial charge in [-0.3, -0.25) is 4.79 Å². The molecule has 0 radical (unpaired) electrons. The molecule has 0 aliphatic carbocycles. The molecular formula is C21H26N2O2. The van der Waals surface area contributed by atoms with Crippen molar-refractivity contribution in [2.24, 2.45) is 0 Å². The smallest absolute Gasteiger partial charge is 0.258 e. The van der Waals surface area contributed by atoms with Crippen LogP contribution in [0.2, 0.25) is 0 Å². The number of carbonyl (C=O) groups is 1. The second-order valence-corrected chi connectivity index (χ2v) is 6.67. The largest absolute Gasteiger partial charge is 0.494 e. The van der Waals surface area contributed by atoms with E-state index in [1.807, 2.05) is 67.3 Å². The highest BCUT2D eigenvalue weighted by molar-refractivity contribution is 6.01. The van der Waals surface area contributed by atoms with Crippen molar-refractivity contribution in [1.29, 1.82) is 0 Å². The lowest BCUT2D eigenvalue weighted by Gasteiger charge is -2.40. The second kappa shape index (κ2) is 7.60. The van der Waals surface area contributed by atoms with E-state index in [9.17, 15) is 4.79 Å². The summed E-state index contributed by atoms with van der Waals surface area (Å²) in [5, 5.41) is 3.52. The summed E-state index contributed by atoms with van der Waals surface area (Å²) in [6.45, 7) is 6.95. The van der Waals surface area contributed by atoms with Gasteiger partial charge in [-0.15, -0.1) is 0 Å². The molecule has 2 aromatic carbocycles. The van der Waals surface area contributed by atoms with Gasteiger partial charge < -0.3 is 15.0 Å². The Labute approximate surface area is 149 Å². The van der Waals surface area contributed by atoms with Crippen LogP contribution in [0.25, 0.3) is 0 Å². The van der Waals surface area contributed by atoms with E-state index in [0.717, 1.165) is 35.4 Å². The van der Waals surface area contributed by atoms with Gasteiger partial charge in [0, 0.05) is 11.7 Å². The number of para-hydroxylation sites is 1. The lowest BCUT2D eigenvalue weighted by molar-refractivity contribution is 0.0616. The normalized spacial score (nSPS) is 16.6. The van der Waals surface area contributed by atoms with E-state index in [4.69, 9.17) is 4.74 Å². The average molecular weight is 338 g/mol.